The first-order chi connectivity index (χ1) is 16.5. The molecule has 0 unspecified atom stereocenters. The highest BCUT2D eigenvalue weighted by atomic mass is 16.5. The van der Waals surface area contributed by atoms with Gasteiger partial charge in [-0.1, -0.05) is 0 Å². The van der Waals surface area contributed by atoms with Crippen molar-refractivity contribution in [2.45, 2.75) is 19.3 Å². The highest BCUT2D eigenvalue weighted by Crippen LogP contribution is 2.17. The molecular weight excluding hydrogens is 432 g/mol. The molecule has 7 heteroatoms. The summed E-state index contributed by atoms with van der Waals surface area (Å²) in [5, 5.41) is 4.38. The summed E-state index contributed by atoms with van der Waals surface area (Å²) in [6.45, 7) is 0. The number of amides is 1. The average molecular weight is 461 g/mol. The Morgan fingerprint density at radius 3 is 1.56 bits per heavy atom. The SMILES string of the molecule is COc1ccc(C(=O)CCCC(=NNC(=O)c2ccc(OC)cc2)c2ccc(OC)cc2)cc1. The fourth-order valence-electron chi connectivity index (χ4n) is 3.31. The van der Waals surface area contributed by atoms with Crippen molar-refractivity contribution in [1.82, 2.24) is 5.43 Å². The van der Waals surface area contributed by atoms with Crippen LogP contribution in [0.25, 0.3) is 0 Å². The van der Waals surface area contributed by atoms with Gasteiger partial charge >= 0.3 is 0 Å². The lowest BCUT2D eigenvalue weighted by Gasteiger charge is -2.09. The highest BCUT2D eigenvalue weighted by Gasteiger charge is 2.11. The molecule has 1 amide bonds. The number of methoxy groups -OCH3 is 3. The minimum absolute atomic E-state index is 0.0407. The molecule has 0 heterocycles. The smallest absolute Gasteiger partial charge is 0.271 e. The van der Waals surface area contributed by atoms with Crippen LogP contribution in [0, 0.1) is 0 Å². The van der Waals surface area contributed by atoms with Gasteiger partial charge in [0.05, 0.1) is 27.0 Å². The van der Waals surface area contributed by atoms with Crippen LogP contribution in [0.4, 0.5) is 0 Å². The second-order valence-electron chi connectivity index (χ2n) is 7.46. The molecule has 3 aromatic carbocycles. The van der Waals surface area contributed by atoms with Crippen LogP contribution in [0.1, 0.15) is 45.5 Å². The zero-order valence-electron chi connectivity index (χ0n) is 19.5. The number of hydrogen-bond acceptors (Lipinski definition) is 6. The second-order valence-corrected chi connectivity index (χ2v) is 7.46. The number of rotatable bonds is 11. The molecule has 3 rings (SSSR count). The lowest BCUT2D eigenvalue weighted by Crippen LogP contribution is -2.20. The van der Waals surface area contributed by atoms with Crippen molar-refractivity contribution in [3.05, 3.63) is 89.5 Å². The Bertz CT molecular complexity index is 1120. The summed E-state index contributed by atoms with van der Waals surface area (Å²) in [6, 6.07) is 21.3. The number of hydrazone groups is 1. The number of carbonyl (C=O) groups is 2. The fourth-order valence-corrected chi connectivity index (χ4v) is 3.31. The summed E-state index contributed by atoms with van der Waals surface area (Å²) in [6.07, 6.45) is 1.44. The molecule has 0 fully saturated rings. The van der Waals surface area contributed by atoms with E-state index in [0.717, 1.165) is 11.3 Å². The zero-order chi connectivity index (χ0) is 24.3. The van der Waals surface area contributed by atoms with E-state index in [9.17, 15) is 9.59 Å². The summed E-state index contributed by atoms with van der Waals surface area (Å²) in [4.78, 5) is 25.1. The topological polar surface area (TPSA) is 86.2 Å². The van der Waals surface area contributed by atoms with Crippen molar-refractivity contribution in [2.24, 2.45) is 5.10 Å². The molecule has 34 heavy (non-hydrogen) atoms. The van der Waals surface area contributed by atoms with Crippen molar-refractivity contribution >= 4 is 17.4 Å². The molecule has 176 valence electrons. The van der Waals surface area contributed by atoms with E-state index in [1.54, 1.807) is 69.9 Å². The number of ketones is 1. The molecule has 0 radical (unpaired) electrons. The van der Waals surface area contributed by atoms with Gasteiger partial charge in [0.15, 0.2) is 5.78 Å². The summed E-state index contributed by atoms with van der Waals surface area (Å²) in [7, 11) is 4.76. The molecule has 7 nitrogen and oxygen atoms in total. The molecule has 0 aromatic heterocycles. The molecule has 0 atom stereocenters. The molecule has 0 aliphatic heterocycles. The summed E-state index contributed by atoms with van der Waals surface area (Å²) in [5.74, 6) is 1.81. The van der Waals surface area contributed by atoms with Gasteiger partial charge in [0.1, 0.15) is 17.2 Å². The maximum atomic E-state index is 12.6. The van der Waals surface area contributed by atoms with Crippen LogP contribution < -0.4 is 19.6 Å². The predicted molar refractivity (Wildman–Crippen MR) is 131 cm³/mol. The Morgan fingerprint density at radius 1 is 0.647 bits per heavy atom. The number of nitrogens with zero attached hydrogens (tertiary/aromatic N) is 1. The molecule has 0 aliphatic carbocycles. The van der Waals surface area contributed by atoms with Gasteiger partial charge in [-0.3, -0.25) is 9.59 Å². The van der Waals surface area contributed by atoms with Gasteiger partial charge in [-0.2, -0.15) is 5.10 Å². The van der Waals surface area contributed by atoms with Gasteiger partial charge in [0, 0.05) is 17.5 Å². The number of Topliss-reactive ketones (excluding diaryl/α,β-unsaturated/α-hetero) is 1. The first-order valence-electron chi connectivity index (χ1n) is 10.9. The van der Waals surface area contributed by atoms with Crippen LogP contribution in [0.5, 0.6) is 17.2 Å². The van der Waals surface area contributed by atoms with Crippen LogP contribution in [-0.2, 0) is 0 Å². The van der Waals surface area contributed by atoms with E-state index < -0.39 is 0 Å². The number of ether oxygens (including phenoxy) is 3. The number of hydrogen-bond donors (Lipinski definition) is 1. The lowest BCUT2D eigenvalue weighted by molar-refractivity contribution is 0.0951. The molecule has 0 bridgehead atoms. The molecule has 0 aliphatic rings. The van der Waals surface area contributed by atoms with Crippen molar-refractivity contribution in [1.29, 1.82) is 0 Å². The van der Waals surface area contributed by atoms with E-state index in [2.05, 4.69) is 10.5 Å². The van der Waals surface area contributed by atoms with Crippen molar-refractivity contribution in [2.75, 3.05) is 21.3 Å². The first-order valence-corrected chi connectivity index (χ1v) is 10.9. The Balaban J connectivity index is 1.69. The summed E-state index contributed by atoms with van der Waals surface area (Å²) in [5.41, 5.74) is 5.24. The quantitative estimate of drug-likeness (QED) is 0.250. The standard InChI is InChI=1S/C27H28N2O5/c1-32-22-13-7-19(8-14-22)25(28-29-27(31)21-11-17-24(34-3)18-12-21)5-4-6-26(30)20-9-15-23(33-2)16-10-20/h7-18H,4-6H2,1-3H3,(H,29,31). The van der Waals surface area contributed by atoms with E-state index in [0.29, 0.717) is 47.6 Å². The van der Waals surface area contributed by atoms with Gasteiger partial charge in [-0.15, -0.1) is 0 Å². The molecule has 3 aromatic rings. The van der Waals surface area contributed by atoms with Gasteiger partial charge in [-0.25, -0.2) is 5.43 Å². The molecular formula is C27H28N2O5. The van der Waals surface area contributed by atoms with Crippen LogP contribution >= 0.6 is 0 Å². The van der Waals surface area contributed by atoms with Crippen molar-refractivity contribution in [3.63, 3.8) is 0 Å². The monoisotopic (exact) mass is 460 g/mol. The summed E-state index contributed by atoms with van der Waals surface area (Å²) < 4.78 is 15.5. The second kappa shape index (κ2) is 12.2. The highest BCUT2D eigenvalue weighted by molar-refractivity contribution is 6.03. The Labute approximate surface area is 199 Å². The molecule has 0 saturated carbocycles. The largest absolute Gasteiger partial charge is 0.497 e. The molecule has 1 N–H and O–H groups in total. The van der Waals surface area contributed by atoms with Gasteiger partial charge in [0.2, 0.25) is 0 Å². The third-order valence-electron chi connectivity index (χ3n) is 5.30. The molecule has 0 saturated heterocycles. The van der Waals surface area contributed by atoms with E-state index in [4.69, 9.17) is 14.2 Å². The minimum atomic E-state index is -0.331. The van der Waals surface area contributed by atoms with E-state index in [1.165, 1.54) is 0 Å². The fraction of sp³-hybridized carbons (Fsp3) is 0.222. The number of carbonyl (C=O) groups excluding carboxylic acids is 2. The van der Waals surface area contributed by atoms with Crippen LogP contribution in [0.3, 0.4) is 0 Å². The molecule has 0 spiro atoms. The Hall–Kier alpha value is -4.13. The Morgan fingerprint density at radius 2 is 1.09 bits per heavy atom. The van der Waals surface area contributed by atoms with E-state index >= 15 is 0 Å². The van der Waals surface area contributed by atoms with E-state index in [1.807, 2.05) is 24.3 Å². The maximum Gasteiger partial charge on any atom is 0.271 e. The van der Waals surface area contributed by atoms with E-state index in [-0.39, 0.29) is 11.7 Å². The van der Waals surface area contributed by atoms with Gasteiger partial charge in [0.25, 0.3) is 5.91 Å². The first kappa shape index (κ1) is 24.5. The van der Waals surface area contributed by atoms with Crippen molar-refractivity contribution < 1.29 is 23.8 Å². The third kappa shape index (κ3) is 6.68. The average Bonchev–Trinajstić information content (AvgIpc) is 2.90. The maximum absolute atomic E-state index is 12.6. The third-order valence-corrected chi connectivity index (χ3v) is 5.30. The lowest BCUT2D eigenvalue weighted by atomic mass is 10.0. The van der Waals surface area contributed by atoms with Crippen LogP contribution in [-0.4, -0.2) is 38.7 Å². The normalized spacial score (nSPS) is 11.0. The summed E-state index contributed by atoms with van der Waals surface area (Å²) >= 11 is 0. The predicted octanol–water partition coefficient (Wildman–Crippen LogP) is 4.90. The Kier molecular flexibility index (Phi) is 8.80. The van der Waals surface area contributed by atoms with Gasteiger partial charge in [-0.05, 0) is 91.2 Å². The van der Waals surface area contributed by atoms with Gasteiger partial charge < -0.3 is 14.2 Å². The number of benzene rings is 3. The zero-order valence-corrected chi connectivity index (χ0v) is 19.5. The number of nitrogens with one attached hydrogen (secondary N) is 1. The van der Waals surface area contributed by atoms with Crippen LogP contribution in [0.15, 0.2) is 77.9 Å². The van der Waals surface area contributed by atoms with Crippen LogP contribution in [0.2, 0.25) is 0 Å². The van der Waals surface area contributed by atoms with Crippen molar-refractivity contribution in [3.8, 4) is 17.2 Å². The minimum Gasteiger partial charge on any atom is -0.497 e.